The number of benzene rings is 4. The van der Waals surface area contributed by atoms with Crippen LogP contribution in [0.15, 0.2) is 97.1 Å². The van der Waals surface area contributed by atoms with Crippen LogP contribution in [0.5, 0.6) is 0 Å². The van der Waals surface area contributed by atoms with Crippen molar-refractivity contribution < 1.29 is 0 Å². The molecule has 0 saturated carbocycles. The number of rotatable bonds is 5. The monoisotopic (exact) mass is 402 g/mol. The molecule has 0 N–H and O–H groups in total. The maximum atomic E-state index is 2.49. The van der Waals surface area contributed by atoms with E-state index in [2.05, 4.69) is 118 Å². The lowest BCUT2D eigenvalue weighted by molar-refractivity contribution is 0.640. The van der Waals surface area contributed by atoms with E-state index in [-0.39, 0.29) is 5.41 Å². The summed E-state index contributed by atoms with van der Waals surface area (Å²) in [5.41, 5.74) is 11.2. The maximum Gasteiger partial charge on any atom is 0.0158 e. The fourth-order valence-corrected chi connectivity index (χ4v) is 5.22. The normalized spacial score (nSPS) is 14.7. The van der Waals surface area contributed by atoms with Crippen LogP contribution in [0.4, 0.5) is 0 Å². The lowest BCUT2D eigenvalue weighted by atomic mass is 9.80. The molecule has 1 aliphatic rings. The Morgan fingerprint density at radius 1 is 0.645 bits per heavy atom. The Balaban J connectivity index is 1.42. The van der Waals surface area contributed by atoms with Crippen LogP contribution in [0.2, 0.25) is 0 Å². The molecule has 1 unspecified atom stereocenters. The first kappa shape index (κ1) is 19.8. The van der Waals surface area contributed by atoms with Crippen molar-refractivity contribution >= 4 is 0 Å². The molecular formula is C31H30. The zero-order valence-corrected chi connectivity index (χ0v) is 18.7. The second kappa shape index (κ2) is 7.85. The van der Waals surface area contributed by atoms with Crippen LogP contribution in [0.3, 0.4) is 0 Å². The molecule has 0 spiro atoms. The summed E-state index contributed by atoms with van der Waals surface area (Å²) in [5.74, 6) is 0.535. The van der Waals surface area contributed by atoms with E-state index in [9.17, 15) is 0 Å². The smallest absolute Gasteiger partial charge is 0.0158 e. The van der Waals surface area contributed by atoms with E-state index >= 15 is 0 Å². The molecule has 1 atom stereocenters. The first-order valence-corrected chi connectivity index (χ1v) is 11.5. The summed E-state index contributed by atoms with van der Waals surface area (Å²) in [6, 6.07) is 35.9. The minimum atomic E-state index is 0.0670. The van der Waals surface area contributed by atoms with Crippen LogP contribution in [-0.2, 0) is 11.8 Å². The van der Waals surface area contributed by atoms with Gasteiger partial charge in [0.25, 0.3) is 0 Å². The third kappa shape index (κ3) is 3.51. The van der Waals surface area contributed by atoms with Crippen molar-refractivity contribution in [3.8, 4) is 22.3 Å². The van der Waals surface area contributed by atoms with E-state index in [0.29, 0.717) is 5.92 Å². The molecule has 0 heteroatoms. The predicted octanol–water partition coefficient (Wildman–Crippen LogP) is 8.40. The van der Waals surface area contributed by atoms with Gasteiger partial charge >= 0.3 is 0 Å². The largest absolute Gasteiger partial charge is 0.0648 e. The van der Waals surface area contributed by atoms with Gasteiger partial charge in [0.05, 0.1) is 0 Å². The highest BCUT2D eigenvalue weighted by atomic mass is 14.4. The van der Waals surface area contributed by atoms with Gasteiger partial charge < -0.3 is 0 Å². The standard InChI is InChI=1S/C31H30/c1-4-23(20-22-14-16-25(17-15-22)24-10-6-5-7-11-24)26-18-19-28-27-12-8-9-13-29(27)31(2,3)30(28)21-26/h5-19,21,23H,4,20H2,1-3H3. The van der Waals surface area contributed by atoms with E-state index in [1.54, 1.807) is 0 Å². The Bertz CT molecular complexity index is 1200. The molecule has 0 bridgehead atoms. The maximum absolute atomic E-state index is 2.49. The van der Waals surface area contributed by atoms with Gasteiger partial charge in [0.1, 0.15) is 0 Å². The molecule has 4 aromatic carbocycles. The molecule has 0 aliphatic heterocycles. The average molecular weight is 403 g/mol. The fraction of sp³-hybridized carbons (Fsp3) is 0.226. The van der Waals surface area contributed by atoms with Gasteiger partial charge in [-0.1, -0.05) is 118 Å². The van der Waals surface area contributed by atoms with Crippen LogP contribution in [0.25, 0.3) is 22.3 Å². The first-order chi connectivity index (χ1) is 15.1. The Morgan fingerprint density at radius 3 is 2.03 bits per heavy atom. The van der Waals surface area contributed by atoms with Crippen molar-refractivity contribution in [2.24, 2.45) is 0 Å². The molecule has 0 radical (unpaired) electrons. The Labute approximate surface area is 186 Å². The van der Waals surface area contributed by atoms with Crippen LogP contribution in [0.1, 0.15) is 55.4 Å². The van der Waals surface area contributed by atoms with E-state index in [1.807, 2.05) is 0 Å². The highest BCUT2D eigenvalue weighted by molar-refractivity contribution is 5.81. The van der Waals surface area contributed by atoms with Crippen LogP contribution >= 0.6 is 0 Å². The summed E-state index contributed by atoms with van der Waals surface area (Å²) in [6.45, 7) is 7.05. The van der Waals surface area contributed by atoms with Gasteiger partial charge in [-0.25, -0.2) is 0 Å². The highest BCUT2D eigenvalue weighted by Crippen LogP contribution is 2.49. The van der Waals surface area contributed by atoms with Gasteiger partial charge in [-0.2, -0.15) is 0 Å². The van der Waals surface area contributed by atoms with Gasteiger partial charge in [-0.15, -0.1) is 0 Å². The summed E-state index contributed by atoms with van der Waals surface area (Å²) in [7, 11) is 0. The van der Waals surface area contributed by atoms with Crippen LogP contribution in [0, 0.1) is 0 Å². The zero-order chi connectivity index (χ0) is 21.4. The zero-order valence-electron chi connectivity index (χ0n) is 18.7. The SMILES string of the molecule is CCC(Cc1ccc(-c2ccccc2)cc1)c1ccc2c(c1)C(C)(C)c1ccccc1-2. The summed E-state index contributed by atoms with van der Waals surface area (Å²) in [6.07, 6.45) is 2.23. The van der Waals surface area contributed by atoms with E-state index in [4.69, 9.17) is 0 Å². The third-order valence-electron chi connectivity index (χ3n) is 7.11. The Kier molecular flexibility index (Phi) is 5.02. The van der Waals surface area contributed by atoms with Gasteiger partial charge in [-0.05, 0) is 63.3 Å². The molecule has 154 valence electrons. The molecule has 0 fully saturated rings. The van der Waals surface area contributed by atoms with Crippen molar-refractivity contribution in [1.82, 2.24) is 0 Å². The van der Waals surface area contributed by atoms with Crippen molar-refractivity contribution in [3.63, 3.8) is 0 Å². The van der Waals surface area contributed by atoms with Crippen molar-refractivity contribution in [3.05, 3.63) is 119 Å². The second-order valence-corrected chi connectivity index (χ2v) is 9.35. The molecule has 0 amide bonds. The van der Waals surface area contributed by atoms with Crippen molar-refractivity contribution in [1.29, 1.82) is 0 Å². The lowest BCUT2D eigenvalue weighted by Gasteiger charge is -2.23. The topological polar surface area (TPSA) is 0 Å². The molecule has 0 nitrogen and oxygen atoms in total. The molecule has 1 aliphatic carbocycles. The summed E-state index contributed by atoms with van der Waals surface area (Å²) in [5, 5.41) is 0. The molecule has 0 saturated heterocycles. The number of hydrogen-bond donors (Lipinski definition) is 0. The molecule has 31 heavy (non-hydrogen) atoms. The Morgan fingerprint density at radius 2 is 1.29 bits per heavy atom. The molecular weight excluding hydrogens is 372 g/mol. The molecule has 0 heterocycles. The lowest BCUT2D eigenvalue weighted by Crippen LogP contribution is -2.15. The quantitative estimate of drug-likeness (QED) is 0.314. The van der Waals surface area contributed by atoms with Gasteiger partial charge in [-0.3, -0.25) is 0 Å². The van der Waals surface area contributed by atoms with Crippen molar-refractivity contribution in [2.75, 3.05) is 0 Å². The van der Waals surface area contributed by atoms with Crippen LogP contribution in [-0.4, -0.2) is 0 Å². The van der Waals surface area contributed by atoms with E-state index in [1.165, 1.54) is 44.5 Å². The third-order valence-corrected chi connectivity index (χ3v) is 7.11. The minimum absolute atomic E-state index is 0.0670. The van der Waals surface area contributed by atoms with Crippen molar-refractivity contribution in [2.45, 2.75) is 44.9 Å². The average Bonchev–Trinajstić information content (AvgIpc) is 3.05. The number of fused-ring (bicyclic) bond motifs is 3. The van der Waals surface area contributed by atoms with Crippen LogP contribution < -0.4 is 0 Å². The van der Waals surface area contributed by atoms with Gasteiger partial charge in [0.15, 0.2) is 0 Å². The molecule has 0 aromatic heterocycles. The van der Waals surface area contributed by atoms with E-state index < -0.39 is 0 Å². The first-order valence-electron chi connectivity index (χ1n) is 11.5. The number of hydrogen-bond acceptors (Lipinski definition) is 0. The summed E-state index contributed by atoms with van der Waals surface area (Å²) < 4.78 is 0. The van der Waals surface area contributed by atoms with Gasteiger partial charge in [0, 0.05) is 5.41 Å². The van der Waals surface area contributed by atoms with E-state index in [0.717, 1.165) is 12.8 Å². The molecule has 4 aromatic rings. The Hall–Kier alpha value is -3.12. The second-order valence-electron chi connectivity index (χ2n) is 9.35. The summed E-state index contributed by atoms with van der Waals surface area (Å²) >= 11 is 0. The van der Waals surface area contributed by atoms with Gasteiger partial charge in [0.2, 0.25) is 0 Å². The molecule has 5 rings (SSSR count). The minimum Gasteiger partial charge on any atom is -0.0648 e. The fourth-order valence-electron chi connectivity index (χ4n) is 5.22. The summed E-state index contributed by atoms with van der Waals surface area (Å²) in [4.78, 5) is 0. The highest BCUT2D eigenvalue weighted by Gasteiger charge is 2.35. The predicted molar refractivity (Wildman–Crippen MR) is 133 cm³/mol.